The topological polar surface area (TPSA) is 75.6 Å². The zero-order chi connectivity index (χ0) is 38.1. The third kappa shape index (κ3) is 6.42. The van der Waals surface area contributed by atoms with Crippen molar-refractivity contribution in [1.29, 1.82) is 5.26 Å². The molecule has 0 aliphatic carbocycles. The summed E-state index contributed by atoms with van der Waals surface area (Å²) in [6.45, 7) is 0. The Morgan fingerprint density at radius 1 is 0.351 bits per heavy atom. The van der Waals surface area contributed by atoms with Gasteiger partial charge >= 0.3 is 0 Å². The first-order chi connectivity index (χ1) is 28.2. The van der Waals surface area contributed by atoms with Crippen molar-refractivity contribution < 1.29 is 4.42 Å². The van der Waals surface area contributed by atoms with Gasteiger partial charge in [0.25, 0.3) is 0 Å². The summed E-state index contributed by atoms with van der Waals surface area (Å²) in [7, 11) is 0. The van der Waals surface area contributed by atoms with Crippen LogP contribution in [0.15, 0.2) is 199 Å². The fraction of sp³-hybridized carbons (Fsp3) is 0. The summed E-state index contributed by atoms with van der Waals surface area (Å²) in [5, 5.41) is 11.8. The molecule has 0 amide bonds. The minimum Gasteiger partial charge on any atom is -0.456 e. The second-order valence-electron chi connectivity index (χ2n) is 13.9. The van der Waals surface area contributed by atoms with E-state index in [1.54, 1.807) is 0 Å². The van der Waals surface area contributed by atoms with Gasteiger partial charge in [-0.25, -0.2) is 15.0 Å². The Morgan fingerprint density at radius 3 is 1.63 bits per heavy atom. The minimum absolute atomic E-state index is 0.528. The Labute approximate surface area is 329 Å². The Morgan fingerprint density at radius 2 is 0.877 bits per heavy atom. The molecule has 0 atom stereocenters. The van der Waals surface area contributed by atoms with Crippen molar-refractivity contribution in [2.75, 3.05) is 0 Å². The molecular weight excluding hydrogens is 697 g/mol. The van der Waals surface area contributed by atoms with Gasteiger partial charge in [-0.15, -0.1) is 0 Å². The summed E-state index contributed by atoms with van der Waals surface area (Å²) >= 11 is 0. The first-order valence-corrected chi connectivity index (χ1v) is 18.8. The normalized spacial score (nSPS) is 11.1. The van der Waals surface area contributed by atoms with E-state index in [1.807, 2.05) is 103 Å². The molecule has 0 spiro atoms. The van der Waals surface area contributed by atoms with Crippen LogP contribution >= 0.6 is 0 Å². The molecule has 0 radical (unpaired) electrons. The average molecular weight is 729 g/mol. The lowest BCUT2D eigenvalue weighted by Crippen LogP contribution is -2.01. The fourth-order valence-corrected chi connectivity index (χ4v) is 7.59. The number of hydrogen-bond acceptors (Lipinski definition) is 5. The predicted molar refractivity (Wildman–Crippen MR) is 230 cm³/mol. The van der Waals surface area contributed by atoms with Crippen LogP contribution in [-0.2, 0) is 0 Å². The van der Waals surface area contributed by atoms with E-state index >= 15 is 0 Å². The lowest BCUT2D eigenvalue weighted by molar-refractivity contribution is 0.669. The van der Waals surface area contributed by atoms with Crippen LogP contribution < -0.4 is 0 Å². The lowest BCUT2D eigenvalue weighted by Gasteiger charge is -2.13. The van der Waals surface area contributed by atoms with Gasteiger partial charge in [-0.3, -0.25) is 0 Å². The van der Waals surface area contributed by atoms with Crippen LogP contribution in [-0.4, -0.2) is 15.0 Å². The zero-order valence-electron chi connectivity index (χ0n) is 30.7. The van der Waals surface area contributed by atoms with E-state index in [1.165, 1.54) is 11.1 Å². The molecule has 0 saturated heterocycles. The summed E-state index contributed by atoms with van der Waals surface area (Å²) in [4.78, 5) is 15.4. The second-order valence-corrected chi connectivity index (χ2v) is 13.9. The van der Waals surface area contributed by atoms with Gasteiger partial charge in [-0.2, -0.15) is 5.26 Å². The van der Waals surface area contributed by atoms with Gasteiger partial charge in [0, 0.05) is 27.5 Å². The van der Waals surface area contributed by atoms with E-state index in [4.69, 9.17) is 19.4 Å². The predicted octanol–water partition coefficient (Wildman–Crippen LogP) is 13.3. The van der Waals surface area contributed by atoms with Crippen LogP contribution in [0.2, 0.25) is 0 Å². The second kappa shape index (κ2) is 14.4. The maximum Gasteiger partial charge on any atom is 0.164 e. The van der Waals surface area contributed by atoms with E-state index in [9.17, 15) is 5.26 Å². The largest absolute Gasteiger partial charge is 0.456 e. The molecule has 2 heterocycles. The maximum absolute atomic E-state index is 9.68. The molecule has 0 aliphatic rings. The van der Waals surface area contributed by atoms with E-state index in [-0.39, 0.29) is 0 Å². The highest BCUT2D eigenvalue weighted by molar-refractivity contribution is 6.13. The van der Waals surface area contributed by atoms with Gasteiger partial charge in [0.2, 0.25) is 0 Å². The van der Waals surface area contributed by atoms with E-state index < -0.39 is 0 Å². The number of furan rings is 1. The van der Waals surface area contributed by atoms with Crippen molar-refractivity contribution in [2.24, 2.45) is 0 Å². The van der Waals surface area contributed by atoms with Crippen molar-refractivity contribution in [1.82, 2.24) is 15.0 Å². The van der Waals surface area contributed by atoms with Crippen LogP contribution in [0.5, 0.6) is 0 Å². The smallest absolute Gasteiger partial charge is 0.164 e. The van der Waals surface area contributed by atoms with Gasteiger partial charge < -0.3 is 4.42 Å². The number of hydrogen-bond donors (Lipinski definition) is 0. The molecule has 0 fully saturated rings. The Kier molecular flexibility index (Phi) is 8.48. The minimum atomic E-state index is 0.528. The summed E-state index contributed by atoms with van der Waals surface area (Å²) < 4.78 is 6.57. The van der Waals surface area contributed by atoms with Crippen LogP contribution in [0, 0.1) is 11.3 Å². The monoisotopic (exact) mass is 728 g/mol. The summed E-state index contributed by atoms with van der Waals surface area (Å²) in [6, 6.07) is 68.1. The Hall–Kier alpha value is -7.94. The van der Waals surface area contributed by atoms with Crippen molar-refractivity contribution in [3.8, 4) is 84.7 Å². The summed E-state index contributed by atoms with van der Waals surface area (Å²) in [5.41, 5.74) is 13.3. The number of nitriles is 1. The molecule has 2 aromatic heterocycles. The van der Waals surface area contributed by atoms with Gasteiger partial charge in [0.05, 0.1) is 11.6 Å². The highest BCUT2D eigenvalue weighted by atomic mass is 16.3. The molecule has 0 saturated carbocycles. The number of nitrogens with zero attached hydrogens (tertiary/aromatic N) is 4. The first-order valence-electron chi connectivity index (χ1n) is 18.8. The van der Waals surface area contributed by atoms with E-state index in [2.05, 4.69) is 97.1 Å². The molecule has 266 valence electrons. The van der Waals surface area contributed by atoms with Crippen molar-refractivity contribution in [3.05, 3.63) is 200 Å². The Bertz CT molecular complexity index is 3130. The molecular formula is C52H32N4O. The van der Waals surface area contributed by atoms with Crippen molar-refractivity contribution in [2.45, 2.75) is 0 Å². The Balaban J connectivity index is 1.11. The highest BCUT2D eigenvalue weighted by Gasteiger charge is 2.19. The molecule has 10 rings (SSSR count). The molecule has 57 heavy (non-hydrogen) atoms. The van der Waals surface area contributed by atoms with Gasteiger partial charge in [-0.1, -0.05) is 158 Å². The average Bonchev–Trinajstić information content (AvgIpc) is 3.68. The zero-order valence-corrected chi connectivity index (χ0v) is 30.7. The van der Waals surface area contributed by atoms with Crippen LogP contribution in [0.3, 0.4) is 0 Å². The van der Waals surface area contributed by atoms with Gasteiger partial charge in [0.15, 0.2) is 17.5 Å². The molecule has 5 nitrogen and oxygen atoms in total. The van der Waals surface area contributed by atoms with Gasteiger partial charge in [0.1, 0.15) is 11.2 Å². The fourth-order valence-electron chi connectivity index (χ4n) is 7.59. The third-order valence-electron chi connectivity index (χ3n) is 10.4. The van der Waals surface area contributed by atoms with Crippen molar-refractivity contribution >= 4 is 21.9 Å². The van der Waals surface area contributed by atoms with E-state index in [0.29, 0.717) is 23.0 Å². The van der Waals surface area contributed by atoms with Crippen LogP contribution in [0.1, 0.15) is 5.56 Å². The third-order valence-corrected chi connectivity index (χ3v) is 10.4. The van der Waals surface area contributed by atoms with Crippen molar-refractivity contribution in [3.63, 3.8) is 0 Å². The highest BCUT2D eigenvalue weighted by Crippen LogP contribution is 2.39. The van der Waals surface area contributed by atoms with Crippen LogP contribution in [0.25, 0.3) is 101 Å². The lowest BCUT2D eigenvalue weighted by atomic mass is 9.96. The summed E-state index contributed by atoms with van der Waals surface area (Å²) in [6.07, 6.45) is 0. The molecule has 10 aromatic rings. The van der Waals surface area contributed by atoms with Gasteiger partial charge in [-0.05, 0) is 80.9 Å². The number of rotatable bonds is 7. The van der Waals surface area contributed by atoms with E-state index in [0.717, 1.165) is 72.0 Å². The summed E-state index contributed by atoms with van der Waals surface area (Å²) in [5.74, 6) is 1.61. The molecule has 0 aliphatic heterocycles. The molecule has 5 heteroatoms. The van der Waals surface area contributed by atoms with Crippen LogP contribution in [0.4, 0.5) is 0 Å². The number of aromatic nitrogens is 3. The standard InChI is InChI=1S/C52H32N4O/c53-33-34-12-9-18-40(30-34)43-20-7-8-21-45(43)52-55-50(41-19-10-17-39(31-41)36-15-5-2-6-16-36)54-51(56-52)42-28-29-46-48(32-42)57-47-23-11-22-44(49(46)47)38-26-24-37(25-27-38)35-13-3-1-4-14-35/h1-32H. The number of benzene rings is 8. The quantitative estimate of drug-likeness (QED) is 0.163. The number of fused-ring (bicyclic) bond motifs is 3. The first kappa shape index (κ1) is 33.6. The molecule has 8 aromatic carbocycles. The SMILES string of the molecule is N#Cc1cccc(-c2ccccc2-c2nc(-c3cccc(-c4ccccc4)c3)nc(-c3ccc4c(c3)oc3cccc(-c5ccc(-c6ccccc6)cc5)c34)n2)c1. The molecule has 0 bridgehead atoms. The maximum atomic E-state index is 9.68. The molecule has 0 N–H and O–H groups in total. The molecule has 0 unspecified atom stereocenters.